The second-order valence-corrected chi connectivity index (χ2v) is 4.64. The monoisotopic (exact) mass is 272 g/mol. The van der Waals surface area contributed by atoms with E-state index in [9.17, 15) is 4.79 Å². The molecule has 0 aliphatic rings. The van der Waals surface area contributed by atoms with E-state index in [4.69, 9.17) is 18.0 Å². The highest BCUT2D eigenvalue weighted by Gasteiger charge is 2.18. The van der Waals surface area contributed by atoms with E-state index < -0.39 is 5.97 Å². The molecule has 0 fully saturated rings. The molecule has 0 spiro atoms. The average Bonchev–Trinajstić information content (AvgIpc) is 2.68. The number of carbonyl (C=O) groups excluding carboxylic acids is 1. The summed E-state index contributed by atoms with van der Waals surface area (Å²) in [4.78, 5) is 15.6. The Balaban J connectivity index is 2.80. The molecule has 92 valence electrons. The minimum Gasteiger partial charge on any atom is -0.465 e. The fraction of sp³-hybridized carbons (Fsp3) is 0.455. The summed E-state index contributed by atoms with van der Waals surface area (Å²) in [5, 5.41) is 3.72. The molecule has 0 bridgehead atoms. The first-order valence-electron chi connectivity index (χ1n) is 5.09. The number of terminal acetylenes is 1. The van der Waals surface area contributed by atoms with E-state index in [-0.39, 0.29) is 16.1 Å². The van der Waals surface area contributed by atoms with Crippen LogP contribution in [0.1, 0.15) is 29.4 Å². The lowest BCUT2D eigenvalue weighted by Gasteiger charge is -2.09. The molecule has 1 aromatic heterocycles. The number of aromatic nitrogens is 1. The standard InChI is InChI=1S/C11H13ClN2O2S/c1-4-6-7(5-2)13-11-14-9(12)8(17-11)10(15)16-3/h2,7H,4,6H2,1,3H3,(H,13,14). The third-order valence-corrected chi connectivity index (χ3v) is 3.39. The molecule has 0 aromatic carbocycles. The first-order chi connectivity index (χ1) is 8.12. The van der Waals surface area contributed by atoms with Crippen molar-refractivity contribution in [3.05, 3.63) is 10.0 Å². The summed E-state index contributed by atoms with van der Waals surface area (Å²) in [6, 6.07) is -0.104. The van der Waals surface area contributed by atoms with Crippen molar-refractivity contribution in [1.29, 1.82) is 0 Å². The van der Waals surface area contributed by atoms with Crippen LogP contribution in [-0.2, 0) is 4.74 Å². The number of thiazole rings is 1. The van der Waals surface area contributed by atoms with E-state index >= 15 is 0 Å². The second-order valence-electron chi connectivity index (χ2n) is 3.28. The Kier molecular flexibility index (Phi) is 5.26. The molecule has 17 heavy (non-hydrogen) atoms. The SMILES string of the molecule is C#CC(CCC)Nc1nc(Cl)c(C(=O)OC)s1. The van der Waals surface area contributed by atoms with Gasteiger partial charge in [-0.15, -0.1) is 6.42 Å². The van der Waals surface area contributed by atoms with Crippen molar-refractivity contribution in [1.82, 2.24) is 4.98 Å². The Morgan fingerprint density at radius 1 is 1.76 bits per heavy atom. The van der Waals surface area contributed by atoms with Crippen LogP contribution in [0, 0.1) is 12.3 Å². The number of methoxy groups -OCH3 is 1. The van der Waals surface area contributed by atoms with E-state index in [0.29, 0.717) is 5.13 Å². The Labute approximate surface area is 109 Å². The number of nitrogens with one attached hydrogen (secondary N) is 1. The third-order valence-electron chi connectivity index (χ3n) is 2.03. The summed E-state index contributed by atoms with van der Waals surface area (Å²) in [6.45, 7) is 2.04. The molecule has 0 aliphatic carbocycles. The Bertz CT molecular complexity index is 439. The van der Waals surface area contributed by atoms with E-state index in [2.05, 4.69) is 21.0 Å². The maximum atomic E-state index is 11.3. The number of hydrogen-bond donors (Lipinski definition) is 1. The summed E-state index contributed by atoms with van der Waals surface area (Å²) < 4.78 is 4.59. The molecule has 0 amide bonds. The van der Waals surface area contributed by atoms with Crippen molar-refractivity contribution in [2.45, 2.75) is 25.8 Å². The number of hydrogen-bond acceptors (Lipinski definition) is 5. The third kappa shape index (κ3) is 3.62. The summed E-state index contributed by atoms with van der Waals surface area (Å²) in [5.41, 5.74) is 0. The number of carbonyl (C=O) groups is 1. The Morgan fingerprint density at radius 3 is 3.00 bits per heavy atom. The van der Waals surface area contributed by atoms with Crippen LogP contribution in [0.3, 0.4) is 0 Å². The van der Waals surface area contributed by atoms with Gasteiger partial charge in [0.05, 0.1) is 13.2 Å². The average molecular weight is 273 g/mol. The van der Waals surface area contributed by atoms with Gasteiger partial charge in [-0.1, -0.05) is 42.2 Å². The molecule has 1 rings (SSSR count). The molecule has 0 saturated heterocycles. The second kappa shape index (κ2) is 6.48. The van der Waals surface area contributed by atoms with Crippen LogP contribution in [0.25, 0.3) is 0 Å². The topological polar surface area (TPSA) is 51.2 Å². The molecular weight excluding hydrogens is 260 g/mol. The predicted octanol–water partition coefficient (Wildman–Crippen LogP) is 2.80. The summed E-state index contributed by atoms with van der Waals surface area (Å²) in [5.74, 6) is 2.13. The predicted molar refractivity (Wildman–Crippen MR) is 69.6 cm³/mol. The van der Waals surface area contributed by atoms with Gasteiger partial charge in [-0.05, 0) is 6.42 Å². The quantitative estimate of drug-likeness (QED) is 0.661. The van der Waals surface area contributed by atoms with Gasteiger partial charge in [0.1, 0.15) is 0 Å². The van der Waals surface area contributed by atoms with Gasteiger partial charge in [-0.25, -0.2) is 9.78 Å². The lowest BCUT2D eigenvalue weighted by molar-refractivity contribution is 0.0606. The zero-order valence-corrected chi connectivity index (χ0v) is 11.2. The highest BCUT2D eigenvalue weighted by atomic mass is 35.5. The van der Waals surface area contributed by atoms with Crippen LogP contribution in [0.4, 0.5) is 5.13 Å². The van der Waals surface area contributed by atoms with Gasteiger partial charge in [0.2, 0.25) is 0 Å². The van der Waals surface area contributed by atoms with Crippen molar-refractivity contribution in [3.63, 3.8) is 0 Å². The number of esters is 1. The molecule has 1 unspecified atom stereocenters. The highest BCUT2D eigenvalue weighted by Crippen LogP contribution is 2.28. The van der Waals surface area contributed by atoms with E-state index in [1.165, 1.54) is 7.11 Å². The normalized spacial score (nSPS) is 11.6. The van der Waals surface area contributed by atoms with Gasteiger partial charge in [-0.3, -0.25) is 0 Å². The van der Waals surface area contributed by atoms with Crippen LogP contribution in [-0.4, -0.2) is 24.1 Å². The zero-order valence-electron chi connectivity index (χ0n) is 9.62. The molecule has 0 aliphatic heterocycles. The van der Waals surface area contributed by atoms with E-state index in [1.54, 1.807) is 0 Å². The molecule has 1 heterocycles. The van der Waals surface area contributed by atoms with Crippen LogP contribution in [0.2, 0.25) is 5.15 Å². The van der Waals surface area contributed by atoms with Crippen LogP contribution in [0.5, 0.6) is 0 Å². The van der Waals surface area contributed by atoms with Gasteiger partial charge < -0.3 is 10.1 Å². The van der Waals surface area contributed by atoms with E-state index in [1.807, 2.05) is 6.92 Å². The molecule has 1 aromatic rings. The van der Waals surface area contributed by atoms with Crippen molar-refractivity contribution >= 4 is 34.0 Å². The summed E-state index contributed by atoms with van der Waals surface area (Å²) in [6.07, 6.45) is 7.17. The number of anilines is 1. The lowest BCUT2D eigenvalue weighted by Crippen LogP contribution is -2.16. The van der Waals surface area contributed by atoms with Crippen LogP contribution < -0.4 is 5.32 Å². The molecule has 4 nitrogen and oxygen atoms in total. The first kappa shape index (κ1) is 13.8. The summed E-state index contributed by atoms with van der Waals surface area (Å²) >= 11 is 6.97. The Hall–Kier alpha value is -1.25. The summed E-state index contributed by atoms with van der Waals surface area (Å²) in [7, 11) is 1.30. The van der Waals surface area contributed by atoms with Crippen molar-refractivity contribution in [2.75, 3.05) is 12.4 Å². The smallest absolute Gasteiger partial charge is 0.351 e. The highest BCUT2D eigenvalue weighted by molar-refractivity contribution is 7.18. The molecular formula is C11H13ClN2O2S. The van der Waals surface area contributed by atoms with Crippen molar-refractivity contribution in [2.24, 2.45) is 0 Å². The molecule has 0 radical (unpaired) electrons. The molecule has 1 N–H and O–H groups in total. The zero-order chi connectivity index (χ0) is 12.8. The van der Waals surface area contributed by atoms with Crippen molar-refractivity contribution < 1.29 is 9.53 Å². The fourth-order valence-corrected chi connectivity index (χ4v) is 2.37. The largest absolute Gasteiger partial charge is 0.465 e. The minimum atomic E-state index is -0.492. The van der Waals surface area contributed by atoms with E-state index in [0.717, 1.165) is 24.2 Å². The maximum Gasteiger partial charge on any atom is 0.351 e. The van der Waals surface area contributed by atoms with Gasteiger partial charge >= 0.3 is 5.97 Å². The first-order valence-corrected chi connectivity index (χ1v) is 6.29. The van der Waals surface area contributed by atoms with Gasteiger partial charge in [-0.2, -0.15) is 0 Å². The Morgan fingerprint density at radius 2 is 2.47 bits per heavy atom. The number of rotatable bonds is 5. The van der Waals surface area contributed by atoms with Gasteiger partial charge in [0.15, 0.2) is 15.2 Å². The fourth-order valence-electron chi connectivity index (χ4n) is 1.22. The molecule has 6 heteroatoms. The number of halogens is 1. The van der Waals surface area contributed by atoms with Crippen LogP contribution in [0.15, 0.2) is 0 Å². The van der Waals surface area contributed by atoms with Gasteiger partial charge in [0.25, 0.3) is 0 Å². The maximum absolute atomic E-state index is 11.3. The lowest BCUT2D eigenvalue weighted by atomic mass is 10.2. The van der Waals surface area contributed by atoms with Gasteiger partial charge in [0, 0.05) is 0 Å². The number of nitrogens with zero attached hydrogens (tertiary/aromatic N) is 1. The minimum absolute atomic E-state index is 0.104. The van der Waals surface area contributed by atoms with Crippen LogP contribution >= 0.6 is 22.9 Å². The van der Waals surface area contributed by atoms with Crippen molar-refractivity contribution in [3.8, 4) is 12.3 Å². The molecule has 1 atom stereocenters. The number of ether oxygens (including phenoxy) is 1. The molecule has 0 saturated carbocycles.